The molecule has 3 rings (SSSR count). The van der Waals surface area contributed by atoms with Crippen molar-refractivity contribution in [2.75, 3.05) is 11.1 Å². The Morgan fingerprint density at radius 3 is 2.41 bits per heavy atom. The largest absolute Gasteiger partial charge is 0.326 e. The highest BCUT2D eigenvalue weighted by Crippen LogP contribution is 2.26. The van der Waals surface area contributed by atoms with Gasteiger partial charge in [-0.3, -0.25) is 14.9 Å². The van der Waals surface area contributed by atoms with Crippen LogP contribution in [0.1, 0.15) is 24.5 Å². The van der Waals surface area contributed by atoms with Gasteiger partial charge >= 0.3 is 6.03 Å². The number of sulfone groups is 1. The van der Waals surface area contributed by atoms with E-state index in [1.54, 1.807) is 43.3 Å². The van der Waals surface area contributed by atoms with Gasteiger partial charge in [-0.1, -0.05) is 29.8 Å². The molecule has 1 aliphatic heterocycles. The van der Waals surface area contributed by atoms with Crippen LogP contribution in [-0.2, 0) is 25.0 Å². The second-order valence-electron chi connectivity index (χ2n) is 7.04. The van der Waals surface area contributed by atoms with Gasteiger partial charge in [-0.15, -0.1) is 0 Å². The quantitative estimate of drug-likeness (QED) is 0.622. The van der Waals surface area contributed by atoms with Crippen LogP contribution < -0.4 is 16.0 Å². The summed E-state index contributed by atoms with van der Waals surface area (Å²) in [5.74, 6) is -1.28. The standard InChI is InChI=1S/C20H21N3O5S/c1-13-6-8-16(9-7-13)29(27,28)11-10-17(24)21-15-5-3-4-14(12-15)20(2)18(25)22-19(26)23-20/h3-9,12H,10-11H2,1-2H3,(H,21,24)(H2,22,23,25,26). The summed E-state index contributed by atoms with van der Waals surface area (Å²) in [6.45, 7) is 3.42. The number of nitrogens with one attached hydrogen (secondary N) is 3. The fourth-order valence-corrected chi connectivity index (χ4v) is 4.21. The Labute approximate surface area is 168 Å². The lowest BCUT2D eigenvalue weighted by Crippen LogP contribution is -2.40. The number of urea groups is 1. The van der Waals surface area contributed by atoms with E-state index in [0.29, 0.717) is 11.3 Å². The summed E-state index contributed by atoms with van der Waals surface area (Å²) in [7, 11) is -3.57. The molecule has 0 spiro atoms. The van der Waals surface area contributed by atoms with Gasteiger partial charge in [-0.25, -0.2) is 13.2 Å². The van der Waals surface area contributed by atoms with Crippen LogP contribution in [0.15, 0.2) is 53.4 Å². The van der Waals surface area contributed by atoms with Gasteiger partial charge in [0.15, 0.2) is 9.84 Å². The maximum absolute atomic E-state index is 12.4. The van der Waals surface area contributed by atoms with Crippen LogP contribution in [0.3, 0.4) is 0 Å². The van der Waals surface area contributed by atoms with E-state index in [1.165, 1.54) is 12.1 Å². The van der Waals surface area contributed by atoms with Crippen LogP contribution in [0.2, 0.25) is 0 Å². The lowest BCUT2D eigenvalue weighted by atomic mass is 9.92. The first-order valence-corrected chi connectivity index (χ1v) is 10.6. The molecular weight excluding hydrogens is 394 g/mol. The third kappa shape index (κ3) is 4.45. The van der Waals surface area contributed by atoms with Crippen LogP contribution in [-0.4, -0.2) is 32.0 Å². The van der Waals surface area contributed by atoms with Crippen molar-refractivity contribution in [2.45, 2.75) is 30.7 Å². The molecule has 1 heterocycles. The van der Waals surface area contributed by atoms with Gasteiger partial charge in [0.2, 0.25) is 5.91 Å². The summed E-state index contributed by atoms with van der Waals surface area (Å²) in [6, 6.07) is 12.3. The number of hydrogen-bond acceptors (Lipinski definition) is 5. The number of benzene rings is 2. The summed E-state index contributed by atoms with van der Waals surface area (Å²) >= 11 is 0. The Bertz CT molecular complexity index is 1080. The Kier molecular flexibility index (Phi) is 5.43. The second-order valence-corrected chi connectivity index (χ2v) is 9.15. The van der Waals surface area contributed by atoms with E-state index in [2.05, 4.69) is 16.0 Å². The van der Waals surface area contributed by atoms with E-state index < -0.39 is 33.2 Å². The average Bonchev–Trinajstić information content (AvgIpc) is 2.93. The van der Waals surface area contributed by atoms with Crippen molar-refractivity contribution in [3.05, 3.63) is 59.7 Å². The van der Waals surface area contributed by atoms with Crippen molar-refractivity contribution in [3.8, 4) is 0 Å². The van der Waals surface area contributed by atoms with Crippen molar-refractivity contribution in [1.29, 1.82) is 0 Å². The Hall–Kier alpha value is -3.20. The maximum Gasteiger partial charge on any atom is 0.322 e. The first kappa shape index (κ1) is 20.5. The molecule has 1 atom stereocenters. The zero-order valence-electron chi connectivity index (χ0n) is 16.0. The molecule has 1 fully saturated rings. The van der Waals surface area contributed by atoms with Crippen LogP contribution in [0.5, 0.6) is 0 Å². The molecule has 0 radical (unpaired) electrons. The molecule has 2 aromatic rings. The van der Waals surface area contributed by atoms with Crippen LogP contribution in [0.4, 0.5) is 10.5 Å². The number of hydrogen-bond donors (Lipinski definition) is 3. The number of carbonyl (C=O) groups excluding carboxylic acids is 3. The van der Waals surface area contributed by atoms with E-state index in [4.69, 9.17) is 0 Å². The average molecular weight is 415 g/mol. The number of imide groups is 1. The SMILES string of the molecule is Cc1ccc(S(=O)(=O)CCC(=O)Nc2cccc(C3(C)NC(=O)NC3=O)c2)cc1. The molecule has 1 aliphatic rings. The first-order valence-electron chi connectivity index (χ1n) is 8.93. The highest BCUT2D eigenvalue weighted by molar-refractivity contribution is 7.91. The lowest BCUT2D eigenvalue weighted by molar-refractivity contribution is -0.123. The van der Waals surface area contributed by atoms with Crippen LogP contribution in [0, 0.1) is 6.92 Å². The molecular formula is C20H21N3O5S. The minimum Gasteiger partial charge on any atom is -0.326 e. The minimum atomic E-state index is -3.57. The molecule has 0 aromatic heterocycles. The number of amides is 4. The fourth-order valence-electron chi connectivity index (χ4n) is 2.97. The zero-order valence-corrected chi connectivity index (χ0v) is 16.8. The van der Waals surface area contributed by atoms with Gasteiger partial charge in [0, 0.05) is 12.1 Å². The summed E-state index contributed by atoms with van der Waals surface area (Å²) in [5, 5.41) is 7.37. The molecule has 0 aliphatic carbocycles. The minimum absolute atomic E-state index is 0.175. The molecule has 0 bridgehead atoms. The summed E-state index contributed by atoms with van der Waals surface area (Å²) in [6.07, 6.45) is -0.213. The number of rotatable bonds is 6. The Morgan fingerprint density at radius 1 is 1.10 bits per heavy atom. The number of anilines is 1. The first-order chi connectivity index (χ1) is 13.6. The zero-order chi connectivity index (χ0) is 21.2. The molecule has 152 valence electrons. The van der Waals surface area contributed by atoms with Gasteiger partial charge in [0.1, 0.15) is 5.54 Å². The summed E-state index contributed by atoms with van der Waals surface area (Å²) in [5.41, 5.74) is 0.593. The van der Waals surface area contributed by atoms with E-state index in [-0.39, 0.29) is 17.1 Å². The molecule has 4 amide bonds. The second kappa shape index (κ2) is 7.67. The monoisotopic (exact) mass is 415 g/mol. The maximum atomic E-state index is 12.4. The third-order valence-corrected chi connectivity index (χ3v) is 6.48. The molecule has 1 unspecified atom stereocenters. The Balaban J connectivity index is 1.66. The van der Waals surface area contributed by atoms with Crippen LogP contribution >= 0.6 is 0 Å². The van der Waals surface area contributed by atoms with Gasteiger partial charge in [-0.2, -0.15) is 0 Å². The Morgan fingerprint density at radius 2 is 1.79 bits per heavy atom. The highest BCUT2D eigenvalue weighted by atomic mass is 32.2. The normalized spacial score (nSPS) is 18.8. The smallest absolute Gasteiger partial charge is 0.322 e. The number of carbonyl (C=O) groups is 3. The van der Waals surface area contributed by atoms with Crippen molar-refractivity contribution in [1.82, 2.24) is 10.6 Å². The van der Waals surface area contributed by atoms with E-state index in [1.807, 2.05) is 6.92 Å². The van der Waals surface area contributed by atoms with Crippen LogP contribution in [0.25, 0.3) is 0 Å². The van der Waals surface area contributed by atoms with E-state index in [0.717, 1.165) is 5.56 Å². The number of aryl methyl sites for hydroxylation is 1. The van der Waals surface area contributed by atoms with Crippen molar-refractivity contribution < 1.29 is 22.8 Å². The highest BCUT2D eigenvalue weighted by Gasteiger charge is 2.43. The third-order valence-electron chi connectivity index (χ3n) is 4.75. The lowest BCUT2D eigenvalue weighted by Gasteiger charge is -2.21. The molecule has 9 heteroatoms. The predicted octanol–water partition coefficient (Wildman–Crippen LogP) is 1.85. The molecule has 1 saturated heterocycles. The van der Waals surface area contributed by atoms with E-state index in [9.17, 15) is 22.8 Å². The van der Waals surface area contributed by atoms with E-state index >= 15 is 0 Å². The fraction of sp³-hybridized carbons (Fsp3) is 0.250. The van der Waals surface area contributed by atoms with Gasteiger partial charge in [0.25, 0.3) is 5.91 Å². The van der Waals surface area contributed by atoms with Crippen molar-refractivity contribution in [3.63, 3.8) is 0 Å². The van der Waals surface area contributed by atoms with Gasteiger partial charge in [-0.05, 0) is 43.7 Å². The van der Waals surface area contributed by atoms with Gasteiger partial charge in [0.05, 0.1) is 10.6 Å². The molecule has 8 nitrogen and oxygen atoms in total. The summed E-state index contributed by atoms with van der Waals surface area (Å²) < 4.78 is 24.7. The molecule has 3 N–H and O–H groups in total. The predicted molar refractivity (Wildman–Crippen MR) is 107 cm³/mol. The molecule has 2 aromatic carbocycles. The molecule has 0 saturated carbocycles. The topological polar surface area (TPSA) is 121 Å². The summed E-state index contributed by atoms with van der Waals surface area (Å²) in [4.78, 5) is 35.9. The van der Waals surface area contributed by atoms with Gasteiger partial charge < -0.3 is 10.6 Å². The van der Waals surface area contributed by atoms with Crippen molar-refractivity contribution in [2.24, 2.45) is 0 Å². The van der Waals surface area contributed by atoms with Crippen molar-refractivity contribution >= 4 is 33.4 Å². The molecule has 29 heavy (non-hydrogen) atoms.